The number of thiazole rings is 1. The van der Waals surface area contributed by atoms with Gasteiger partial charge in [0.15, 0.2) is 0 Å². The van der Waals surface area contributed by atoms with E-state index in [9.17, 15) is 4.79 Å². The number of carbonyl (C=O) groups is 1. The van der Waals surface area contributed by atoms with Crippen LogP contribution in [0.5, 0.6) is 0 Å². The van der Waals surface area contributed by atoms with Crippen LogP contribution in [0.3, 0.4) is 0 Å². The molecule has 5 nitrogen and oxygen atoms in total. The van der Waals surface area contributed by atoms with Gasteiger partial charge in [-0.15, -0.1) is 11.3 Å². The maximum absolute atomic E-state index is 12.4. The highest BCUT2D eigenvalue weighted by Crippen LogP contribution is 2.22. The van der Waals surface area contributed by atoms with Gasteiger partial charge in [-0.05, 0) is 26.0 Å². The van der Waals surface area contributed by atoms with Crippen molar-refractivity contribution in [1.82, 2.24) is 14.9 Å². The summed E-state index contributed by atoms with van der Waals surface area (Å²) < 4.78 is 5.66. The first-order valence-corrected chi connectivity index (χ1v) is 8.29. The molecule has 2 aromatic rings. The monoisotopic (exact) mass is 317 g/mol. The number of pyridine rings is 1. The first kappa shape index (κ1) is 15.1. The van der Waals surface area contributed by atoms with Gasteiger partial charge in [0.05, 0.1) is 30.0 Å². The van der Waals surface area contributed by atoms with Gasteiger partial charge in [-0.3, -0.25) is 9.78 Å². The van der Waals surface area contributed by atoms with Crippen molar-refractivity contribution >= 4 is 17.2 Å². The van der Waals surface area contributed by atoms with Gasteiger partial charge >= 0.3 is 0 Å². The number of carbonyl (C=O) groups excluding carboxylic acids is 1. The van der Waals surface area contributed by atoms with Gasteiger partial charge in [0, 0.05) is 24.7 Å². The van der Waals surface area contributed by atoms with Crippen LogP contribution in [-0.4, -0.2) is 46.1 Å². The molecule has 0 saturated carbocycles. The van der Waals surface area contributed by atoms with E-state index in [4.69, 9.17) is 4.74 Å². The molecule has 1 amide bonds. The van der Waals surface area contributed by atoms with Crippen LogP contribution >= 0.6 is 11.3 Å². The van der Waals surface area contributed by atoms with Gasteiger partial charge < -0.3 is 9.64 Å². The van der Waals surface area contributed by atoms with Crippen LogP contribution in [0.4, 0.5) is 0 Å². The number of hydrogen-bond donors (Lipinski definition) is 0. The zero-order valence-corrected chi connectivity index (χ0v) is 13.5. The molecule has 116 valence electrons. The fourth-order valence-corrected chi connectivity index (χ4v) is 3.44. The lowest BCUT2D eigenvalue weighted by Crippen LogP contribution is -2.48. The van der Waals surface area contributed by atoms with Crippen LogP contribution in [-0.2, 0) is 16.0 Å². The second-order valence-corrected chi connectivity index (χ2v) is 6.45. The summed E-state index contributed by atoms with van der Waals surface area (Å²) in [5.41, 5.74) is 1.65. The number of aromatic nitrogens is 2. The highest BCUT2D eigenvalue weighted by Gasteiger charge is 2.26. The highest BCUT2D eigenvalue weighted by molar-refractivity contribution is 7.13. The molecule has 1 aliphatic heterocycles. The average molecular weight is 317 g/mol. The minimum absolute atomic E-state index is 0.0900. The van der Waals surface area contributed by atoms with Crippen molar-refractivity contribution in [2.45, 2.75) is 32.5 Å². The Morgan fingerprint density at radius 1 is 1.36 bits per heavy atom. The summed E-state index contributed by atoms with van der Waals surface area (Å²) in [6.07, 6.45) is 2.26. The van der Waals surface area contributed by atoms with E-state index < -0.39 is 0 Å². The Morgan fingerprint density at radius 3 is 2.82 bits per heavy atom. The van der Waals surface area contributed by atoms with Gasteiger partial charge in [-0.2, -0.15) is 0 Å². The summed E-state index contributed by atoms with van der Waals surface area (Å²) in [6.45, 7) is 5.30. The second kappa shape index (κ2) is 6.54. The summed E-state index contributed by atoms with van der Waals surface area (Å²) >= 11 is 1.52. The Kier molecular flexibility index (Phi) is 4.49. The predicted molar refractivity (Wildman–Crippen MR) is 85.6 cm³/mol. The molecule has 0 aliphatic carbocycles. The molecule has 0 N–H and O–H groups in total. The summed E-state index contributed by atoms with van der Waals surface area (Å²) in [4.78, 5) is 23.1. The van der Waals surface area contributed by atoms with E-state index in [0.717, 1.165) is 16.4 Å². The Bertz CT molecular complexity index is 634. The van der Waals surface area contributed by atoms with E-state index in [2.05, 4.69) is 9.97 Å². The van der Waals surface area contributed by atoms with Crippen molar-refractivity contribution in [2.24, 2.45) is 0 Å². The summed E-state index contributed by atoms with van der Waals surface area (Å²) in [5.74, 6) is 0.111. The van der Waals surface area contributed by atoms with Gasteiger partial charge in [-0.1, -0.05) is 6.07 Å². The lowest BCUT2D eigenvalue weighted by Gasteiger charge is -2.35. The molecule has 0 spiro atoms. The topological polar surface area (TPSA) is 55.3 Å². The minimum Gasteiger partial charge on any atom is -0.372 e. The van der Waals surface area contributed by atoms with Crippen LogP contribution in [0.25, 0.3) is 10.7 Å². The third-order valence-corrected chi connectivity index (χ3v) is 4.45. The minimum atomic E-state index is 0.0900. The maximum atomic E-state index is 12.4. The predicted octanol–water partition coefficient (Wildman–Crippen LogP) is 2.38. The van der Waals surface area contributed by atoms with Gasteiger partial charge in [0.25, 0.3) is 0 Å². The molecule has 0 radical (unpaired) electrons. The molecule has 2 atom stereocenters. The van der Waals surface area contributed by atoms with Crippen LogP contribution in [0.2, 0.25) is 0 Å². The highest BCUT2D eigenvalue weighted by atomic mass is 32.1. The second-order valence-electron chi connectivity index (χ2n) is 5.59. The zero-order valence-electron chi connectivity index (χ0n) is 12.7. The van der Waals surface area contributed by atoms with Crippen LogP contribution < -0.4 is 0 Å². The Labute approximate surface area is 134 Å². The largest absolute Gasteiger partial charge is 0.372 e. The zero-order chi connectivity index (χ0) is 15.5. The molecule has 3 rings (SSSR count). The number of hydrogen-bond acceptors (Lipinski definition) is 5. The van der Waals surface area contributed by atoms with Crippen molar-refractivity contribution in [2.75, 3.05) is 13.1 Å². The molecule has 0 unspecified atom stereocenters. The van der Waals surface area contributed by atoms with Gasteiger partial charge in [-0.25, -0.2) is 4.98 Å². The molecule has 22 heavy (non-hydrogen) atoms. The molecule has 0 aromatic carbocycles. The summed E-state index contributed by atoms with van der Waals surface area (Å²) in [7, 11) is 0. The van der Waals surface area contributed by atoms with Gasteiger partial charge in [0.1, 0.15) is 5.01 Å². The number of nitrogens with zero attached hydrogens (tertiary/aromatic N) is 3. The molecular formula is C16H19N3O2S. The van der Waals surface area contributed by atoms with Crippen molar-refractivity contribution < 1.29 is 9.53 Å². The van der Waals surface area contributed by atoms with Crippen LogP contribution in [0.15, 0.2) is 29.8 Å². The molecular weight excluding hydrogens is 298 g/mol. The smallest absolute Gasteiger partial charge is 0.228 e. The number of morpholine rings is 1. The Morgan fingerprint density at radius 2 is 2.14 bits per heavy atom. The number of rotatable bonds is 3. The average Bonchev–Trinajstić information content (AvgIpc) is 2.95. The SMILES string of the molecule is C[C@@H]1CN(C(=O)Cc2csc(-c3ccccn3)n2)C[C@H](C)O1. The lowest BCUT2D eigenvalue weighted by molar-refractivity contribution is -0.142. The van der Waals surface area contributed by atoms with Crippen molar-refractivity contribution in [3.63, 3.8) is 0 Å². The molecule has 6 heteroatoms. The quantitative estimate of drug-likeness (QED) is 0.872. The number of ether oxygens (including phenoxy) is 1. The Balaban J connectivity index is 1.66. The van der Waals surface area contributed by atoms with Crippen LogP contribution in [0, 0.1) is 0 Å². The molecule has 3 heterocycles. The number of amides is 1. The van der Waals surface area contributed by atoms with E-state index in [1.54, 1.807) is 6.20 Å². The normalized spacial score (nSPS) is 21.8. The van der Waals surface area contributed by atoms with Crippen molar-refractivity contribution in [3.8, 4) is 10.7 Å². The summed E-state index contributed by atoms with van der Waals surface area (Å²) in [5, 5.41) is 2.79. The molecule has 1 aliphatic rings. The van der Waals surface area contributed by atoms with E-state index >= 15 is 0 Å². The molecule has 0 bridgehead atoms. The van der Waals surface area contributed by atoms with E-state index in [0.29, 0.717) is 19.5 Å². The van der Waals surface area contributed by atoms with E-state index in [1.165, 1.54) is 11.3 Å². The van der Waals surface area contributed by atoms with E-state index in [1.807, 2.05) is 42.3 Å². The van der Waals surface area contributed by atoms with Crippen LogP contribution in [0.1, 0.15) is 19.5 Å². The fraction of sp³-hybridized carbons (Fsp3) is 0.438. The molecule has 2 aromatic heterocycles. The Hall–Kier alpha value is -1.79. The fourth-order valence-electron chi connectivity index (χ4n) is 2.64. The van der Waals surface area contributed by atoms with Crippen molar-refractivity contribution in [1.29, 1.82) is 0 Å². The first-order valence-electron chi connectivity index (χ1n) is 7.41. The third-order valence-electron chi connectivity index (χ3n) is 3.54. The van der Waals surface area contributed by atoms with Crippen molar-refractivity contribution in [3.05, 3.63) is 35.5 Å². The van der Waals surface area contributed by atoms with E-state index in [-0.39, 0.29) is 18.1 Å². The molecule has 1 saturated heterocycles. The summed E-state index contributed by atoms with van der Waals surface area (Å²) in [6, 6.07) is 5.74. The molecule has 1 fully saturated rings. The first-order chi connectivity index (χ1) is 10.6. The maximum Gasteiger partial charge on any atom is 0.228 e. The standard InChI is InChI=1S/C16H19N3O2S/c1-11-8-19(9-12(2)21-11)15(20)7-13-10-22-16(18-13)14-5-3-4-6-17-14/h3-6,10-12H,7-9H2,1-2H3/t11-,12+. The third kappa shape index (κ3) is 3.51. The lowest BCUT2D eigenvalue weighted by atomic mass is 10.2. The van der Waals surface area contributed by atoms with Gasteiger partial charge in [0.2, 0.25) is 5.91 Å².